The maximum atomic E-state index is 3.78. The Morgan fingerprint density at radius 3 is 2.00 bits per heavy atom. The van der Waals surface area contributed by atoms with Gasteiger partial charge < -0.3 is 15.2 Å². The minimum atomic E-state index is 0.180. The van der Waals surface area contributed by atoms with E-state index in [-0.39, 0.29) is 12.0 Å². The van der Waals surface area contributed by atoms with Crippen molar-refractivity contribution in [2.45, 2.75) is 12.0 Å². The maximum absolute atomic E-state index is 3.78. The van der Waals surface area contributed by atoms with E-state index in [1.807, 2.05) is 41.7 Å². The Morgan fingerprint density at radius 2 is 1.24 bits per heavy atom. The lowest BCUT2D eigenvalue weighted by Crippen LogP contribution is -2.25. The Kier molecular flexibility index (Phi) is 10.4. The Balaban J connectivity index is 0.000000292. The molecule has 6 aromatic carbocycles. The summed E-state index contributed by atoms with van der Waals surface area (Å²) in [6, 6.07) is 55.5. The monoisotopic (exact) mass is 715 g/mol. The summed E-state index contributed by atoms with van der Waals surface area (Å²) in [4.78, 5) is 0. The predicted molar refractivity (Wildman–Crippen MR) is 236 cm³/mol. The fourth-order valence-corrected chi connectivity index (χ4v) is 8.27. The summed E-state index contributed by atoms with van der Waals surface area (Å²) in [5.41, 5.74) is 9.54. The van der Waals surface area contributed by atoms with Crippen molar-refractivity contribution in [2.24, 2.45) is 0 Å². The second-order valence-corrected chi connectivity index (χ2v) is 14.2. The number of aromatic nitrogens is 1. The van der Waals surface area contributed by atoms with Gasteiger partial charge in [-0.25, -0.2) is 0 Å². The van der Waals surface area contributed by atoms with Crippen molar-refractivity contribution in [3.63, 3.8) is 0 Å². The van der Waals surface area contributed by atoms with Gasteiger partial charge in [0.2, 0.25) is 0 Å². The number of allylic oxidation sites excluding steroid dienone is 6. The second kappa shape index (κ2) is 16.4. The lowest BCUT2D eigenvalue weighted by molar-refractivity contribution is 0.756. The normalized spacial score (nSPS) is 15.2. The summed E-state index contributed by atoms with van der Waals surface area (Å²) >= 11 is 1.86. The highest BCUT2D eigenvalue weighted by atomic mass is 32.1. The average Bonchev–Trinajstić information content (AvgIpc) is 3.76. The number of rotatable bonds is 9. The standard InChI is InChI=1S/C38H31N3S.C12H10/c1-2-3-4-12-24-41-35-23-22-30(26-33(35)38-37(41)32-19-9-11-21-36(32)42-38)39-29-17-13-14-27(25-29)31-18-8-10-20-34(31)40-28-15-6-5-7-16-28;1-3-7-11(8-4-1)12-9-5-2-6-10-12/h2-26,31,34,39-40H,1H2;1-10H/b4-3-,24-12-;. The quantitative estimate of drug-likeness (QED) is 0.146. The van der Waals surface area contributed by atoms with Gasteiger partial charge in [0.15, 0.2) is 0 Å². The van der Waals surface area contributed by atoms with Gasteiger partial charge in [-0.15, -0.1) is 11.3 Å². The molecule has 4 heteroatoms. The lowest BCUT2D eigenvalue weighted by Gasteiger charge is -2.27. The predicted octanol–water partition coefficient (Wildman–Crippen LogP) is 14.0. The molecule has 0 saturated heterocycles. The van der Waals surface area contributed by atoms with Crippen molar-refractivity contribution in [2.75, 3.05) is 10.6 Å². The molecule has 0 amide bonds. The number of benzene rings is 6. The molecule has 0 bridgehead atoms. The number of fused-ring (bicyclic) bond motifs is 5. The molecule has 0 radical (unpaired) electrons. The van der Waals surface area contributed by atoms with E-state index in [9.17, 15) is 0 Å². The van der Waals surface area contributed by atoms with E-state index in [4.69, 9.17) is 0 Å². The Morgan fingerprint density at radius 1 is 0.574 bits per heavy atom. The van der Waals surface area contributed by atoms with E-state index in [1.165, 1.54) is 47.9 Å². The summed E-state index contributed by atoms with van der Waals surface area (Å²) in [5, 5.41) is 9.92. The molecule has 0 fully saturated rings. The van der Waals surface area contributed by atoms with Crippen LogP contribution < -0.4 is 10.6 Å². The third-order valence-electron chi connectivity index (χ3n) is 9.59. The number of nitrogens with zero attached hydrogens (tertiary/aromatic N) is 1. The molecular weight excluding hydrogens is 675 g/mol. The van der Waals surface area contributed by atoms with Crippen LogP contribution in [0.5, 0.6) is 0 Å². The minimum absolute atomic E-state index is 0.180. The first kappa shape index (κ1) is 34.5. The first-order valence-electron chi connectivity index (χ1n) is 18.3. The summed E-state index contributed by atoms with van der Waals surface area (Å²) in [5.74, 6) is 0.230. The Bertz CT molecular complexity index is 2590. The molecule has 0 saturated carbocycles. The van der Waals surface area contributed by atoms with E-state index in [2.05, 4.69) is 198 Å². The van der Waals surface area contributed by atoms with E-state index >= 15 is 0 Å². The average molecular weight is 716 g/mol. The van der Waals surface area contributed by atoms with Gasteiger partial charge in [-0.1, -0.05) is 158 Å². The molecule has 1 aliphatic rings. The van der Waals surface area contributed by atoms with Crippen LogP contribution in [0, 0.1) is 0 Å². The van der Waals surface area contributed by atoms with E-state index in [1.54, 1.807) is 6.08 Å². The van der Waals surface area contributed by atoms with Crippen molar-refractivity contribution >= 4 is 65.8 Å². The smallest absolute Gasteiger partial charge is 0.0722 e. The summed E-state index contributed by atoms with van der Waals surface area (Å²) in [6.45, 7) is 3.78. The minimum Gasteiger partial charge on any atom is -0.378 e. The third-order valence-corrected chi connectivity index (χ3v) is 10.8. The molecule has 1 aliphatic carbocycles. The number of nitrogens with one attached hydrogen (secondary N) is 2. The van der Waals surface area contributed by atoms with Gasteiger partial charge in [0.05, 0.1) is 21.8 Å². The molecule has 262 valence electrons. The Labute approximate surface area is 321 Å². The molecule has 2 unspecified atom stereocenters. The fourth-order valence-electron chi connectivity index (χ4n) is 7.06. The van der Waals surface area contributed by atoms with Crippen LogP contribution in [0.4, 0.5) is 17.1 Å². The van der Waals surface area contributed by atoms with Crippen LogP contribution in [0.15, 0.2) is 213 Å². The zero-order valence-corrected chi connectivity index (χ0v) is 30.7. The maximum Gasteiger partial charge on any atom is 0.0722 e. The van der Waals surface area contributed by atoms with E-state index < -0.39 is 0 Å². The molecule has 9 rings (SSSR count). The van der Waals surface area contributed by atoms with E-state index in [0.717, 1.165) is 17.1 Å². The van der Waals surface area contributed by atoms with Gasteiger partial charge >= 0.3 is 0 Å². The van der Waals surface area contributed by atoms with Gasteiger partial charge in [0.25, 0.3) is 0 Å². The molecule has 8 aromatic rings. The van der Waals surface area contributed by atoms with Crippen molar-refractivity contribution in [1.82, 2.24) is 4.57 Å². The first-order chi connectivity index (χ1) is 26.7. The van der Waals surface area contributed by atoms with Gasteiger partial charge in [0.1, 0.15) is 0 Å². The number of hydrogen-bond donors (Lipinski definition) is 2. The van der Waals surface area contributed by atoms with Crippen LogP contribution in [0.1, 0.15) is 11.5 Å². The van der Waals surface area contributed by atoms with Crippen molar-refractivity contribution < 1.29 is 0 Å². The highest BCUT2D eigenvalue weighted by molar-refractivity contribution is 7.26. The van der Waals surface area contributed by atoms with Crippen LogP contribution in [-0.4, -0.2) is 10.6 Å². The number of para-hydroxylation sites is 1. The number of anilines is 3. The summed E-state index contributed by atoms with van der Waals surface area (Å²) in [6.07, 6.45) is 18.8. The van der Waals surface area contributed by atoms with Crippen molar-refractivity contribution in [3.8, 4) is 11.1 Å². The molecular formula is C50H41N3S. The van der Waals surface area contributed by atoms with Gasteiger partial charge in [-0.2, -0.15) is 0 Å². The van der Waals surface area contributed by atoms with Gasteiger partial charge in [-0.3, -0.25) is 0 Å². The largest absolute Gasteiger partial charge is 0.378 e. The highest BCUT2D eigenvalue weighted by Gasteiger charge is 2.21. The molecule has 2 N–H and O–H groups in total. The molecule has 2 heterocycles. The second-order valence-electron chi connectivity index (χ2n) is 13.2. The van der Waals surface area contributed by atoms with Gasteiger partial charge in [-0.05, 0) is 71.3 Å². The lowest BCUT2D eigenvalue weighted by atomic mass is 9.87. The molecule has 3 nitrogen and oxygen atoms in total. The SMILES string of the molecule is C=C/C=C\C=C/n1c2ccc(Nc3cccc(C4C=CC=CC4Nc4ccccc4)c3)cc2c2sc3ccccc3c21.c1ccc(-c2ccccc2)cc1. The van der Waals surface area contributed by atoms with E-state index in [0.29, 0.717) is 0 Å². The zero-order valence-electron chi connectivity index (χ0n) is 29.9. The molecule has 2 aromatic heterocycles. The Hall–Kier alpha value is -6.62. The van der Waals surface area contributed by atoms with Crippen LogP contribution in [0.3, 0.4) is 0 Å². The molecule has 0 spiro atoms. The van der Waals surface area contributed by atoms with Crippen LogP contribution in [0.2, 0.25) is 0 Å². The van der Waals surface area contributed by atoms with Crippen LogP contribution in [0.25, 0.3) is 48.5 Å². The van der Waals surface area contributed by atoms with Gasteiger partial charge in [0, 0.05) is 44.7 Å². The van der Waals surface area contributed by atoms with Crippen molar-refractivity contribution in [3.05, 3.63) is 218 Å². The molecule has 54 heavy (non-hydrogen) atoms. The first-order valence-corrected chi connectivity index (χ1v) is 19.1. The molecule has 2 atom stereocenters. The van der Waals surface area contributed by atoms with Crippen LogP contribution in [-0.2, 0) is 0 Å². The highest BCUT2D eigenvalue weighted by Crippen LogP contribution is 2.42. The molecule has 0 aliphatic heterocycles. The fraction of sp³-hybridized carbons (Fsp3) is 0.0400. The third kappa shape index (κ3) is 7.61. The van der Waals surface area contributed by atoms with Crippen molar-refractivity contribution in [1.29, 1.82) is 0 Å². The summed E-state index contributed by atoms with van der Waals surface area (Å²) < 4.78 is 4.91. The summed E-state index contributed by atoms with van der Waals surface area (Å²) in [7, 11) is 0. The topological polar surface area (TPSA) is 29.0 Å². The zero-order chi connectivity index (χ0) is 36.5. The number of thiophene rings is 1. The van der Waals surface area contributed by atoms with Crippen LogP contribution >= 0.6 is 11.3 Å². The number of hydrogen-bond acceptors (Lipinski definition) is 3.